The lowest BCUT2D eigenvalue weighted by molar-refractivity contribution is -0.125. The molecule has 0 aromatic heterocycles. The number of hydrogen-bond donors (Lipinski definition) is 2. The molecule has 2 N–H and O–H groups in total. The van der Waals surface area contributed by atoms with Crippen molar-refractivity contribution in [2.24, 2.45) is 0 Å². The van der Waals surface area contributed by atoms with Gasteiger partial charge in [-0.1, -0.05) is 18.2 Å². The molecule has 0 atom stereocenters. The summed E-state index contributed by atoms with van der Waals surface area (Å²) >= 11 is 0. The van der Waals surface area contributed by atoms with Crippen molar-refractivity contribution in [3.05, 3.63) is 59.9 Å². The predicted octanol–water partition coefficient (Wildman–Crippen LogP) is 1.15. The van der Waals surface area contributed by atoms with Gasteiger partial charge in [0.2, 0.25) is 5.91 Å². The first-order valence-corrected chi connectivity index (χ1v) is 8.95. The van der Waals surface area contributed by atoms with Crippen LogP contribution in [-0.2, 0) is 21.4 Å². The fourth-order valence-corrected chi connectivity index (χ4v) is 3.12. The molecule has 0 bridgehead atoms. The van der Waals surface area contributed by atoms with Gasteiger partial charge in [-0.3, -0.25) is 9.69 Å². The van der Waals surface area contributed by atoms with Crippen molar-refractivity contribution >= 4 is 22.0 Å². The fraction of sp³-hybridized carbons (Fsp3) is 0.125. The minimum atomic E-state index is -3.96. The Morgan fingerprint density at radius 3 is 2.54 bits per heavy atom. The molecule has 0 spiro atoms. The van der Waals surface area contributed by atoms with Crippen LogP contribution in [-0.4, -0.2) is 31.8 Å². The summed E-state index contributed by atoms with van der Waals surface area (Å²) in [5.41, 5.74) is 0.131. The van der Waals surface area contributed by atoms with Gasteiger partial charge in [0.15, 0.2) is 5.75 Å². The maximum atomic E-state index is 13.6. The molecule has 1 saturated heterocycles. The minimum absolute atomic E-state index is 0.0160. The summed E-state index contributed by atoms with van der Waals surface area (Å²) in [6.07, 6.45) is 0. The number of sulfonamides is 1. The summed E-state index contributed by atoms with van der Waals surface area (Å²) in [4.78, 5) is 31.2. The van der Waals surface area contributed by atoms with E-state index in [0.29, 0.717) is 0 Å². The summed E-state index contributed by atoms with van der Waals surface area (Å²) in [6.45, 7) is -0.407. The van der Waals surface area contributed by atoms with Crippen LogP contribution in [0.25, 0.3) is 0 Å². The molecule has 1 heterocycles. The fourth-order valence-electron chi connectivity index (χ4n) is 2.30. The van der Waals surface area contributed by atoms with Crippen LogP contribution < -0.4 is 15.0 Å². The molecule has 3 amide bonds. The first-order valence-electron chi connectivity index (χ1n) is 7.47. The molecular weight excluding hydrogens is 365 g/mol. The predicted molar refractivity (Wildman–Crippen MR) is 87.7 cm³/mol. The van der Waals surface area contributed by atoms with E-state index in [9.17, 15) is 22.4 Å². The Bertz CT molecular complexity index is 934. The Kier molecular flexibility index (Phi) is 4.87. The quantitative estimate of drug-likeness (QED) is 0.579. The smallest absolute Gasteiger partial charge is 0.324 e. The third-order valence-electron chi connectivity index (χ3n) is 3.60. The first-order chi connectivity index (χ1) is 12.4. The number of rotatable bonds is 6. The molecule has 10 heteroatoms. The summed E-state index contributed by atoms with van der Waals surface area (Å²) in [6, 6.07) is 10.2. The van der Waals surface area contributed by atoms with Gasteiger partial charge in [0.1, 0.15) is 5.82 Å². The lowest BCUT2D eigenvalue weighted by atomic mass is 10.2. The standard InChI is InChI=1S/C16H14FN3O5S/c17-12-6-7-14(11(8-12)10-20-15(21)9-18-16(20)22)25-19-26(23,24)13-4-2-1-3-5-13/h1-8,19H,9-10H2,(H,18,22). The van der Waals surface area contributed by atoms with Gasteiger partial charge in [0.05, 0.1) is 18.0 Å². The number of carbonyl (C=O) groups is 2. The number of nitrogens with one attached hydrogen (secondary N) is 2. The number of nitrogens with zero attached hydrogens (tertiary/aromatic N) is 1. The summed E-state index contributed by atoms with van der Waals surface area (Å²) in [5, 5.41) is 2.34. The largest absolute Gasteiger partial charge is 0.393 e. The van der Waals surface area contributed by atoms with Crippen LogP contribution in [0.4, 0.5) is 9.18 Å². The van der Waals surface area contributed by atoms with Gasteiger partial charge in [-0.25, -0.2) is 17.6 Å². The molecular formula is C16H14FN3O5S. The van der Waals surface area contributed by atoms with E-state index < -0.39 is 27.8 Å². The molecule has 136 valence electrons. The highest BCUT2D eigenvalue weighted by Gasteiger charge is 2.29. The number of amides is 3. The summed E-state index contributed by atoms with van der Waals surface area (Å²) < 4.78 is 37.9. The van der Waals surface area contributed by atoms with Crippen molar-refractivity contribution in [1.29, 1.82) is 0 Å². The third kappa shape index (κ3) is 3.81. The molecule has 0 unspecified atom stereocenters. The summed E-state index contributed by atoms with van der Waals surface area (Å²) in [7, 11) is -3.96. The van der Waals surface area contributed by atoms with E-state index in [4.69, 9.17) is 4.84 Å². The van der Waals surface area contributed by atoms with Crippen LogP contribution >= 0.6 is 0 Å². The second kappa shape index (κ2) is 7.10. The Labute approximate surface area is 148 Å². The van der Waals surface area contributed by atoms with Crippen molar-refractivity contribution in [3.8, 4) is 5.75 Å². The Morgan fingerprint density at radius 1 is 1.15 bits per heavy atom. The van der Waals surface area contributed by atoms with E-state index in [2.05, 4.69) is 5.32 Å². The van der Waals surface area contributed by atoms with E-state index in [1.807, 2.05) is 4.89 Å². The number of hydrogen-bond acceptors (Lipinski definition) is 5. The Hall–Kier alpha value is -2.98. The van der Waals surface area contributed by atoms with Crippen molar-refractivity contribution < 1.29 is 27.2 Å². The van der Waals surface area contributed by atoms with Crippen LogP contribution in [0, 0.1) is 5.82 Å². The number of carbonyl (C=O) groups excluding carboxylic acids is 2. The maximum absolute atomic E-state index is 13.6. The molecule has 0 radical (unpaired) electrons. The van der Waals surface area contributed by atoms with Crippen LogP contribution in [0.2, 0.25) is 0 Å². The first kappa shape index (κ1) is 17.8. The highest BCUT2D eigenvalue weighted by atomic mass is 32.2. The van der Waals surface area contributed by atoms with Gasteiger partial charge in [-0.15, -0.1) is 0 Å². The molecule has 1 aliphatic heterocycles. The number of urea groups is 1. The molecule has 0 saturated carbocycles. The number of imide groups is 1. The molecule has 3 rings (SSSR count). The van der Waals surface area contributed by atoms with Gasteiger partial charge in [-0.05, 0) is 35.2 Å². The van der Waals surface area contributed by atoms with Gasteiger partial charge >= 0.3 is 6.03 Å². The van der Waals surface area contributed by atoms with Crippen LogP contribution in [0.5, 0.6) is 5.75 Å². The SMILES string of the molecule is O=C1CNC(=O)N1Cc1cc(F)ccc1ONS(=O)(=O)c1ccccc1. The minimum Gasteiger partial charge on any atom is -0.393 e. The highest BCUT2D eigenvalue weighted by molar-refractivity contribution is 7.89. The van der Waals surface area contributed by atoms with Gasteiger partial charge in [-0.2, -0.15) is 0 Å². The maximum Gasteiger partial charge on any atom is 0.324 e. The molecule has 0 aliphatic carbocycles. The van der Waals surface area contributed by atoms with E-state index in [1.165, 1.54) is 18.2 Å². The second-order valence-corrected chi connectivity index (χ2v) is 7.04. The van der Waals surface area contributed by atoms with Gasteiger partial charge < -0.3 is 10.2 Å². The van der Waals surface area contributed by atoms with Gasteiger partial charge in [0.25, 0.3) is 10.0 Å². The number of halogens is 1. The van der Waals surface area contributed by atoms with E-state index >= 15 is 0 Å². The van der Waals surface area contributed by atoms with E-state index in [1.54, 1.807) is 18.2 Å². The highest BCUT2D eigenvalue weighted by Crippen LogP contribution is 2.22. The molecule has 2 aromatic rings. The van der Waals surface area contributed by atoms with Gasteiger partial charge in [0, 0.05) is 5.56 Å². The monoisotopic (exact) mass is 379 g/mol. The summed E-state index contributed by atoms with van der Waals surface area (Å²) in [5.74, 6) is -1.13. The third-order valence-corrected chi connectivity index (χ3v) is 4.80. The Balaban J connectivity index is 1.80. The second-order valence-electron chi connectivity index (χ2n) is 5.39. The average Bonchev–Trinajstić information content (AvgIpc) is 2.94. The molecule has 2 aromatic carbocycles. The molecule has 1 fully saturated rings. The number of benzene rings is 2. The van der Waals surface area contributed by atoms with Crippen LogP contribution in [0.1, 0.15) is 5.56 Å². The zero-order valence-electron chi connectivity index (χ0n) is 13.3. The molecule has 1 aliphatic rings. The van der Waals surface area contributed by atoms with Crippen LogP contribution in [0.3, 0.4) is 0 Å². The van der Waals surface area contributed by atoms with Crippen LogP contribution in [0.15, 0.2) is 53.4 Å². The van der Waals surface area contributed by atoms with Crippen molar-refractivity contribution in [2.45, 2.75) is 11.4 Å². The zero-order chi connectivity index (χ0) is 18.7. The zero-order valence-corrected chi connectivity index (χ0v) is 14.1. The molecule has 26 heavy (non-hydrogen) atoms. The topological polar surface area (TPSA) is 105 Å². The van der Waals surface area contributed by atoms with Crippen molar-refractivity contribution in [1.82, 2.24) is 15.1 Å². The molecule has 8 nitrogen and oxygen atoms in total. The normalized spacial score (nSPS) is 14.4. The lowest BCUT2D eigenvalue weighted by Gasteiger charge is -2.16. The average molecular weight is 379 g/mol. The van der Waals surface area contributed by atoms with Crippen molar-refractivity contribution in [2.75, 3.05) is 6.54 Å². The van der Waals surface area contributed by atoms with E-state index in [0.717, 1.165) is 17.0 Å². The van der Waals surface area contributed by atoms with Crippen molar-refractivity contribution in [3.63, 3.8) is 0 Å². The lowest BCUT2D eigenvalue weighted by Crippen LogP contribution is -2.31. The Morgan fingerprint density at radius 2 is 1.88 bits per heavy atom. The van der Waals surface area contributed by atoms with E-state index in [-0.39, 0.29) is 29.3 Å².